The van der Waals surface area contributed by atoms with E-state index in [1.165, 1.54) is 18.2 Å². The number of nitrogens with zero attached hydrogens (tertiary/aromatic N) is 1. The van der Waals surface area contributed by atoms with Crippen molar-refractivity contribution in [2.24, 2.45) is 5.16 Å². The average Bonchev–Trinajstić information content (AvgIpc) is 2.73. The molecule has 5 nitrogen and oxygen atoms in total. The van der Waals surface area contributed by atoms with Gasteiger partial charge in [-0.05, 0) is 56.2 Å². The Morgan fingerprint density at radius 2 is 1.66 bits per heavy atom. The van der Waals surface area contributed by atoms with Gasteiger partial charge in [-0.3, -0.25) is 0 Å². The number of aryl methyl sites for hydroxylation is 2. The molecular weight excluding hydrogens is 423 g/mol. The van der Waals surface area contributed by atoms with Crippen LogP contribution < -0.4 is 14.2 Å². The lowest BCUT2D eigenvalue weighted by molar-refractivity contribution is -0.0608. The SMILES string of the molecule is C/C=C/COc1cc(C)c(OCCCOc2cccc(/C(=N/OC)C(F)(F)F)c2)c(C)c1. The Labute approximate surface area is 186 Å². The van der Waals surface area contributed by atoms with Gasteiger partial charge >= 0.3 is 6.18 Å². The number of rotatable bonds is 11. The van der Waals surface area contributed by atoms with E-state index in [9.17, 15) is 13.2 Å². The zero-order chi connectivity index (χ0) is 23.6. The second-order valence-corrected chi connectivity index (χ2v) is 6.96. The van der Waals surface area contributed by atoms with Gasteiger partial charge in [0.15, 0.2) is 5.71 Å². The number of oxime groups is 1. The predicted octanol–water partition coefficient (Wildman–Crippen LogP) is 6.02. The minimum atomic E-state index is -4.63. The molecule has 0 N–H and O–H groups in total. The fourth-order valence-electron chi connectivity index (χ4n) is 2.98. The summed E-state index contributed by atoms with van der Waals surface area (Å²) in [7, 11) is 1.07. The first-order chi connectivity index (χ1) is 15.3. The average molecular weight is 451 g/mol. The summed E-state index contributed by atoms with van der Waals surface area (Å²) in [5.41, 5.74) is 0.686. The highest BCUT2D eigenvalue weighted by molar-refractivity contribution is 6.04. The van der Waals surface area contributed by atoms with Crippen molar-refractivity contribution < 1.29 is 32.2 Å². The maximum atomic E-state index is 13.1. The Hall–Kier alpha value is -3.16. The minimum Gasteiger partial charge on any atom is -0.493 e. The normalized spacial score (nSPS) is 12.2. The van der Waals surface area contributed by atoms with Crippen molar-refractivity contribution in [3.63, 3.8) is 0 Å². The number of halogens is 3. The van der Waals surface area contributed by atoms with E-state index >= 15 is 0 Å². The van der Waals surface area contributed by atoms with Gasteiger partial charge in [-0.25, -0.2) is 0 Å². The van der Waals surface area contributed by atoms with Gasteiger partial charge in [0, 0.05) is 12.0 Å². The van der Waals surface area contributed by atoms with Crippen LogP contribution in [-0.2, 0) is 4.84 Å². The summed E-state index contributed by atoms with van der Waals surface area (Å²) in [4.78, 5) is 4.33. The Morgan fingerprint density at radius 3 is 2.28 bits per heavy atom. The monoisotopic (exact) mass is 451 g/mol. The molecule has 2 aromatic rings. The Kier molecular flexibility index (Phi) is 9.43. The van der Waals surface area contributed by atoms with E-state index in [4.69, 9.17) is 14.2 Å². The molecule has 0 radical (unpaired) electrons. The van der Waals surface area contributed by atoms with Gasteiger partial charge in [0.05, 0.1) is 13.2 Å². The largest absolute Gasteiger partial charge is 0.493 e. The number of alkyl halides is 3. The maximum Gasteiger partial charge on any atom is 0.437 e. The molecule has 0 atom stereocenters. The molecule has 8 heteroatoms. The molecule has 0 amide bonds. The Bertz CT molecular complexity index is 916. The first-order valence-corrected chi connectivity index (χ1v) is 10.2. The van der Waals surface area contributed by atoms with Gasteiger partial charge < -0.3 is 19.0 Å². The van der Waals surface area contributed by atoms with Crippen LogP contribution in [0.1, 0.15) is 30.0 Å². The predicted molar refractivity (Wildman–Crippen MR) is 118 cm³/mol. The molecule has 0 spiro atoms. The summed E-state index contributed by atoms with van der Waals surface area (Å²) < 4.78 is 56.5. The lowest BCUT2D eigenvalue weighted by atomic mass is 10.1. The van der Waals surface area contributed by atoms with Gasteiger partial charge in [0.2, 0.25) is 0 Å². The van der Waals surface area contributed by atoms with Crippen LogP contribution in [0.4, 0.5) is 13.2 Å². The quantitative estimate of drug-likeness (QED) is 0.181. The van der Waals surface area contributed by atoms with Crippen LogP contribution in [0.25, 0.3) is 0 Å². The van der Waals surface area contributed by atoms with E-state index in [0.717, 1.165) is 29.7 Å². The van der Waals surface area contributed by atoms with Crippen LogP contribution in [0.3, 0.4) is 0 Å². The van der Waals surface area contributed by atoms with E-state index < -0.39 is 11.9 Å². The van der Waals surface area contributed by atoms with Gasteiger partial charge in [-0.15, -0.1) is 0 Å². The second-order valence-electron chi connectivity index (χ2n) is 6.96. The van der Waals surface area contributed by atoms with E-state index in [1.54, 1.807) is 6.07 Å². The summed E-state index contributed by atoms with van der Waals surface area (Å²) in [5, 5.41) is 3.10. The van der Waals surface area contributed by atoms with Gasteiger partial charge in [0.25, 0.3) is 0 Å². The highest BCUT2D eigenvalue weighted by Gasteiger charge is 2.38. The van der Waals surface area contributed by atoms with Crippen LogP contribution in [0, 0.1) is 13.8 Å². The minimum absolute atomic E-state index is 0.129. The fraction of sp³-hybridized carbons (Fsp3) is 0.375. The molecule has 0 saturated heterocycles. The highest BCUT2D eigenvalue weighted by atomic mass is 19.4. The molecular formula is C24H28F3NO4. The highest BCUT2D eigenvalue weighted by Crippen LogP contribution is 2.29. The summed E-state index contributed by atoms with van der Waals surface area (Å²) >= 11 is 0. The van der Waals surface area contributed by atoms with Gasteiger partial charge in [-0.2, -0.15) is 13.2 Å². The number of benzene rings is 2. The summed E-state index contributed by atoms with van der Waals surface area (Å²) in [5.74, 6) is 1.88. The third kappa shape index (κ3) is 7.51. The van der Waals surface area contributed by atoms with Crippen molar-refractivity contribution in [1.29, 1.82) is 0 Å². The van der Waals surface area contributed by atoms with Crippen LogP contribution in [0.5, 0.6) is 17.2 Å². The molecule has 0 bridgehead atoms. The van der Waals surface area contributed by atoms with E-state index in [-0.39, 0.29) is 12.2 Å². The van der Waals surface area contributed by atoms with Crippen molar-refractivity contribution in [2.45, 2.75) is 33.4 Å². The molecule has 0 aliphatic heterocycles. The standard InChI is InChI=1S/C24H28F3NO4/c1-5-6-11-31-21-14-17(2)22(18(3)15-21)32-13-8-12-30-20-10-7-9-19(16-20)23(28-29-4)24(25,26)27/h5-7,9-10,14-16H,8,11-13H2,1-4H3/b6-5+,28-23-. The van der Waals surface area contributed by atoms with E-state index in [2.05, 4.69) is 9.99 Å². The van der Waals surface area contributed by atoms with Crippen LogP contribution >= 0.6 is 0 Å². The topological polar surface area (TPSA) is 49.3 Å². The third-order valence-electron chi connectivity index (χ3n) is 4.38. The van der Waals surface area contributed by atoms with Crippen molar-refractivity contribution in [2.75, 3.05) is 26.9 Å². The molecule has 0 aliphatic carbocycles. The Morgan fingerprint density at radius 1 is 0.969 bits per heavy atom. The molecule has 2 aromatic carbocycles. The summed E-state index contributed by atoms with van der Waals surface area (Å²) in [6, 6.07) is 9.50. The van der Waals surface area contributed by atoms with Crippen molar-refractivity contribution >= 4 is 5.71 Å². The van der Waals surface area contributed by atoms with Crippen LogP contribution in [0.15, 0.2) is 53.7 Å². The van der Waals surface area contributed by atoms with E-state index in [0.29, 0.717) is 25.4 Å². The van der Waals surface area contributed by atoms with Crippen LogP contribution in [0.2, 0.25) is 0 Å². The maximum absolute atomic E-state index is 13.1. The third-order valence-corrected chi connectivity index (χ3v) is 4.38. The van der Waals surface area contributed by atoms with Crippen LogP contribution in [-0.4, -0.2) is 38.8 Å². The van der Waals surface area contributed by atoms with Crippen molar-refractivity contribution in [3.05, 3.63) is 65.2 Å². The Balaban J connectivity index is 1.89. The molecule has 0 aliphatic rings. The number of hydrogen-bond acceptors (Lipinski definition) is 5. The molecule has 0 unspecified atom stereocenters. The molecule has 0 heterocycles. The molecule has 0 aromatic heterocycles. The zero-order valence-corrected chi connectivity index (χ0v) is 18.7. The smallest absolute Gasteiger partial charge is 0.437 e. The van der Waals surface area contributed by atoms with Crippen molar-refractivity contribution in [3.8, 4) is 17.2 Å². The molecule has 32 heavy (non-hydrogen) atoms. The molecule has 0 saturated carbocycles. The number of ether oxygens (including phenoxy) is 3. The van der Waals surface area contributed by atoms with Crippen molar-refractivity contribution in [1.82, 2.24) is 0 Å². The lowest BCUT2D eigenvalue weighted by Crippen LogP contribution is -2.24. The van der Waals surface area contributed by atoms with Gasteiger partial charge in [-0.1, -0.05) is 29.4 Å². The first kappa shape index (κ1) is 25.1. The first-order valence-electron chi connectivity index (χ1n) is 10.2. The molecule has 174 valence electrons. The molecule has 2 rings (SSSR count). The van der Waals surface area contributed by atoms with E-state index in [1.807, 2.05) is 45.1 Å². The lowest BCUT2D eigenvalue weighted by Gasteiger charge is -2.15. The summed E-state index contributed by atoms with van der Waals surface area (Å²) in [6.07, 6.45) is -0.219. The number of allylic oxidation sites excluding steroid dienone is 1. The second kappa shape index (κ2) is 12.0. The molecule has 0 fully saturated rings. The zero-order valence-electron chi connectivity index (χ0n) is 18.7. The van der Waals surface area contributed by atoms with Gasteiger partial charge in [0.1, 0.15) is 31.0 Å². The fourth-order valence-corrected chi connectivity index (χ4v) is 2.98. The number of hydrogen-bond donors (Lipinski definition) is 0. The summed E-state index contributed by atoms with van der Waals surface area (Å²) in [6.45, 7) is 7.04.